The predicted molar refractivity (Wildman–Crippen MR) is 80.4 cm³/mol. The normalized spacial score (nSPS) is 11.9. The molecule has 0 saturated carbocycles. The van der Waals surface area contributed by atoms with E-state index >= 15 is 0 Å². The van der Waals surface area contributed by atoms with E-state index in [4.69, 9.17) is 4.74 Å². The molecule has 1 atom stereocenters. The molecule has 0 bridgehead atoms. The summed E-state index contributed by atoms with van der Waals surface area (Å²) in [4.78, 5) is 23.8. The molecule has 114 valence electrons. The van der Waals surface area contributed by atoms with Crippen molar-refractivity contribution >= 4 is 11.8 Å². The van der Waals surface area contributed by atoms with E-state index in [1.807, 2.05) is 0 Å². The number of rotatable bonds is 5. The van der Waals surface area contributed by atoms with Gasteiger partial charge in [0, 0.05) is 12.7 Å². The van der Waals surface area contributed by atoms with Crippen molar-refractivity contribution in [3.63, 3.8) is 0 Å². The molecule has 0 fully saturated rings. The highest BCUT2D eigenvalue weighted by atomic mass is 16.5. The Labute approximate surface area is 127 Å². The zero-order chi connectivity index (χ0) is 16.3. The van der Waals surface area contributed by atoms with Crippen molar-refractivity contribution in [2.45, 2.75) is 13.0 Å². The minimum absolute atomic E-state index is 0.0509. The van der Waals surface area contributed by atoms with E-state index in [0.717, 1.165) is 0 Å². The van der Waals surface area contributed by atoms with Gasteiger partial charge in [0.15, 0.2) is 5.78 Å². The summed E-state index contributed by atoms with van der Waals surface area (Å²) in [5.74, 6) is -2.27. The fourth-order valence-electron chi connectivity index (χ4n) is 2.11. The number of aromatic hydroxyl groups is 1. The second kappa shape index (κ2) is 6.41. The Morgan fingerprint density at radius 3 is 2.23 bits per heavy atom. The summed E-state index contributed by atoms with van der Waals surface area (Å²) in [6.45, 7) is 1.73. The van der Waals surface area contributed by atoms with Crippen molar-refractivity contribution in [2.75, 3.05) is 7.11 Å². The number of ether oxygens (including phenoxy) is 1. The number of benzene rings is 2. The Hall–Kier alpha value is -2.66. The first-order chi connectivity index (χ1) is 10.5. The van der Waals surface area contributed by atoms with Crippen molar-refractivity contribution in [2.24, 2.45) is 0 Å². The predicted octanol–water partition coefficient (Wildman–Crippen LogP) is 3.03. The Balaban J connectivity index is 2.61. The second-order valence-electron chi connectivity index (χ2n) is 4.84. The lowest BCUT2D eigenvalue weighted by Crippen LogP contribution is -2.09. The maximum Gasteiger partial charge on any atom is 0.339 e. The molecule has 2 aromatic rings. The smallest absolute Gasteiger partial charge is 0.339 e. The van der Waals surface area contributed by atoms with Gasteiger partial charge in [-0.1, -0.05) is 30.3 Å². The van der Waals surface area contributed by atoms with E-state index in [-0.39, 0.29) is 11.1 Å². The zero-order valence-corrected chi connectivity index (χ0v) is 12.2. The fraction of sp³-hybridized carbons (Fsp3) is 0.176. The second-order valence-corrected chi connectivity index (χ2v) is 4.84. The molecule has 5 heteroatoms. The Morgan fingerprint density at radius 1 is 1.09 bits per heavy atom. The van der Waals surface area contributed by atoms with Gasteiger partial charge in [0.2, 0.25) is 0 Å². The first-order valence-electron chi connectivity index (χ1n) is 6.68. The molecule has 0 radical (unpaired) electrons. The summed E-state index contributed by atoms with van der Waals surface area (Å²) in [6, 6.07) is 11.2. The van der Waals surface area contributed by atoms with Gasteiger partial charge in [0.1, 0.15) is 11.3 Å². The number of hydrogen-bond donors (Lipinski definition) is 2. The third-order valence-electron chi connectivity index (χ3n) is 3.47. The highest BCUT2D eigenvalue weighted by Crippen LogP contribution is 2.30. The van der Waals surface area contributed by atoms with Crippen LogP contribution in [0.5, 0.6) is 5.75 Å². The Bertz CT molecular complexity index is 706. The van der Waals surface area contributed by atoms with Crippen LogP contribution in [0.15, 0.2) is 42.5 Å². The summed E-state index contributed by atoms with van der Waals surface area (Å²) in [5.41, 5.74) is 0.513. The van der Waals surface area contributed by atoms with Crippen molar-refractivity contribution < 1.29 is 24.5 Å². The number of methoxy groups -OCH3 is 1. The van der Waals surface area contributed by atoms with E-state index < -0.39 is 23.6 Å². The molecule has 0 saturated heterocycles. The molecule has 0 aliphatic carbocycles. The molecule has 0 heterocycles. The lowest BCUT2D eigenvalue weighted by molar-refractivity contribution is 0.0693. The van der Waals surface area contributed by atoms with Gasteiger partial charge in [-0.3, -0.25) is 4.79 Å². The molecule has 2 aromatic carbocycles. The zero-order valence-electron chi connectivity index (χ0n) is 12.2. The van der Waals surface area contributed by atoms with Gasteiger partial charge >= 0.3 is 5.97 Å². The number of carboxylic acid groups (broad SMARTS) is 1. The highest BCUT2D eigenvalue weighted by molar-refractivity contribution is 6.12. The molecule has 2 N–H and O–H groups in total. The van der Waals surface area contributed by atoms with Gasteiger partial charge in [0.25, 0.3) is 0 Å². The SMILES string of the molecule is COC(C)c1cc(C(=O)O)c(O)c(C(=O)c2ccccc2)c1. The van der Waals surface area contributed by atoms with Gasteiger partial charge in [-0.2, -0.15) is 0 Å². The largest absolute Gasteiger partial charge is 0.506 e. The minimum Gasteiger partial charge on any atom is -0.506 e. The van der Waals surface area contributed by atoms with Crippen molar-refractivity contribution in [3.05, 3.63) is 64.7 Å². The lowest BCUT2D eigenvalue weighted by Gasteiger charge is -2.14. The summed E-state index contributed by atoms with van der Waals surface area (Å²) in [5, 5.41) is 19.3. The molecule has 0 aromatic heterocycles. The van der Waals surface area contributed by atoms with Gasteiger partial charge in [-0.05, 0) is 24.6 Å². The van der Waals surface area contributed by atoms with Crippen LogP contribution in [0.1, 0.15) is 44.9 Å². The molecule has 0 spiro atoms. The van der Waals surface area contributed by atoms with Gasteiger partial charge in [-0.25, -0.2) is 4.79 Å². The third kappa shape index (κ3) is 2.99. The number of carboxylic acids is 1. The molecule has 0 aliphatic rings. The maximum atomic E-state index is 12.5. The summed E-state index contributed by atoms with van der Waals surface area (Å²) in [7, 11) is 1.48. The van der Waals surface area contributed by atoms with E-state index in [1.54, 1.807) is 37.3 Å². The van der Waals surface area contributed by atoms with Crippen LogP contribution in [0.3, 0.4) is 0 Å². The quantitative estimate of drug-likeness (QED) is 0.829. The van der Waals surface area contributed by atoms with Crippen LogP contribution in [-0.2, 0) is 4.74 Å². The number of carbonyl (C=O) groups is 2. The fourth-order valence-corrected chi connectivity index (χ4v) is 2.11. The van der Waals surface area contributed by atoms with Crippen LogP contribution >= 0.6 is 0 Å². The average molecular weight is 300 g/mol. The third-order valence-corrected chi connectivity index (χ3v) is 3.47. The maximum absolute atomic E-state index is 12.5. The van der Waals surface area contributed by atoms with Gasteiger partial charge in [-0.15, -0.1) is 0 Å². The number of aromatic carboxylic acids is 1. The summed E-state index contributed by atoms with van der Waals surface area (Å²) in [6.07, 6.45) is -0.402. The van der Waals surface area contributed by atoms with Crippen LogP contribution in [0.25, 0.3) is 0 Å². The number of carbonyl (C=O) groups excluding carboxylic acids is 1. The number of hydrogen-bond acceptors (Lipinski definition) is 4. The lowest BCUT2D eigenvalue weighted by atomic mass is 9.95. The van der Waals surface area contributed by atoms with Crippen molar-refractivity contribution in [1.82, 2.24) is 0 Å². The average Bonchev–Trinajstić information content (AvgIpc) is 2.54. The van der Waals surface area contributed by atoms with E-state index in [1.165, 1.54) is 19.2 Å². The molecule has 0 aliphatic heterocycles. The van der Waals surface area contributed by atoms with Crippen LogP contribution in [0, 0.1) is 0 Å². The molecule has 22 heavy (non-hydrogen) atoms. The molecule has 2 rings (SSSR count). The van der Waals surface area contributed by atoms with Gasteiger partial charge in [0.05, 0.1) is 11.7 Å². The number of phenols is 1. The topological polar surface area (TPSA) is 83.8 Å². The minimum atomic E-state index is -1.30. The summed E-state index contributed by atoms with van der Waals surface area (Å²) < 4.78 is 5.17. The number of ketones is 1. The molecular formula is C17H16O5. The molecule has 0 amide bonds. The van der Waals surface area contributed by atoms with Gasteiger partial charge < -0.3 is 14.9 Å². The summed E-state index contributed by atoms with van der Waals surface area (Å²) >= 11 is 0. The molecule has 1 unspecified atom stereocenters. The van der Waals surface area contributed by atoms with E-state index in [2.05, 4.69) is 0 Å². The Kier molecular flexibility index (Phi) is 4.58. The standard InChI is InChI=1S/C17H16O5/c1-10(22-2)12-8-13(16(19)14(9-12)17(20)21)15(18)11-6-4-3-5-7-11/h3-10,19H,1-2H3,(H,20,21). The molecular weight excluding hydrogens is 284 g/mol. The monoisotopic (exact) mass is 300 g/mol. The van der Waals surface area contributed by atoms with E-state index in [9.17, 15) is 19.8 Å². The first kappa shape index (κ1) is 15.7. The van der Waals surface area contributed by atoms with E-state index in [0.29, 0.717) is 11.1 Å². The van der Waals surface area contributed by atoms with Crippen LogP contribution in [-0.4, -0.2) is 29.1 Å². The Morgan fingerprint density at radius 2 is 1.68 bits per heavy atom. The van der Waals surface area contributed by atoms with Crippen molar-refractivity contribution in [1.29, 1.82) is 0 Å². The highest BCUT2D eigenvalue weighted by Gasteiger charge is 2.22. The van der Waals surface area contributed by atoms with Crippen LogP contribution in [0.4, 0.5) is 0 Å². The first-order valence-corrected chi connectivity index (χ1v) is 6.68. The van der Waals surface area contributed by atoms with Crippen LogP contribution in [0.2, 0.25) is 0 Å². The van der Waals surface area contributed by atoms with Crippen molar-refractivity contribution in [3.8, 4) is 5.75 Å². The van der Waals surface area contributed by atoms with Crippen LogP contribution < -0.4 is 0 Å². The molecule has 5 nitrogen and oxygen atoms in total.